The molecule has 1 heterocycles. The Morgan fingerprint density at radius 3 is 2.19 bits per heavy atom. The highest BCUT2D eigenvalue weighted by molar-refractivity contribution is 7.98. The van der Waals surface area contributed by atoms with Crippen LogP contribution in [0.4, 0.5) is 5.69 Å². The lowest BCUT2D eigenvalue weighted by Crippen LogP contribution is -2.29. The van der Waals surface area contributed by atoms with Gasteiger partial charge in [-0.15, -0.1) is 11.8 Å². The van der Waals surface area contributed by atoms with Crippen LogP contribution in [-0.2, 0) is 0 Å². The average Bonchev–Trinajstić information content (AvgIpc) is 3.14. The fourth-order valence-electron chi connectivity index (χ4n) is 3.56. The summed E-state index contributed by atoms with van der Waals surface area (Å²) in [5, 5.41) is 4.53. The Balaban J connectivity index is 1.58. The lowest BCUT2D eigenvalue weighted by atomic mass is 10.0. The third-order valence-electron chi connectivity index (χ3n) is 5.13. The van der Waals surface area contributed by atoms with Gasteiger partial charge in [0.1, 0.15) is 12.5 Å². The minimum atomic E-state index is 0.797. The SMILES string of the molecule is CCCCCCCCCCCCCC1=NNCN1c1ccccc1SC. The first kappa shape index (κ1) is 21.1. The third-order valence-corrected chi connectivity index (χ3v) is 5.91. The van der Waals surface area contributed by atoms with Crippen LogP contribution in [0.2, 0.25) is 0 Å². The normalized spacial score (nSPS) is 13.8. The van der Waals surface area contributed by atoms with E-state index in [1.54, 1.807) is 11.8 Å². The smallest absolute Gasteiger partial charge is 0.130 e. The third kappa shape index (κ3) is 7.22. The van der Waals surface area contributed by atoms with Gasteiger partial charge in [0.25, 0.3) is 0 Å². The van der Waals surface area contributed by atoms with Crippen molar-refractivity contribution in [3.05, 3.63) is 24.3 Å². The second-order valence-corrected chi connectivity index (χ2v) is 8.08. The van der Waals surface area contributed by atoms with Crippen LogP contribution in [0.1, 0.15) is 84.0 Å². The maximum Gasteiger partial charge on any atom is 0.130 e. The molecule has 0 radical (unpaired) electrons. The van der Waals surface area contributed by atoms with Crippen LogP contribution in [0.3, 0.4) is 0 Å². The fraction of sp³-hybridized carbons (Fsp3) is 0.682. The average molecular weight is 376 g/mol. The molecular formula is C22H37N3S. The summed E-state index contributed by atoms with van der Waals surface area (Å²) in [6, 6.07) is 8.62. The van der Waals surface area contributed by atoms with Gasteiger partial charge < -0.3 is 4.90 Å². The van der Waals surface area contributed by atoms with Crippen molar-refractivity contribution in [2.75, 3.05) is 17.8 Å². The van der Waals surface area contributed by atoms with Gasteiger partial charge >= 0.3 is 0 Å². The predicted octanol–water partition coefficient (Wildman–Crippen LogP) is 6.79. The van der Waals surface area contributed by atoms with Gasteiger partial charge in [-0.3, -0.25) is 5.43 Å². The number of thioether (sulfide) groups is 1. The number of nitrogens with one attached hydrogen (secondary N) is 1. The second-order valence-electron chi connectivity index (χ2n) is 7.23. The van der Waals surface area contributed by atoms with Gasteiger partial charge in [-0.2, -0.15) is 5.10 Å². The highest BCUT2D eigenvalue weighted by Crippen LogP contribution is 2.30. The van der Waals surface area contributed by atoms with Crippen LogP contribution in [0.5, 0.6) is 0 Å². The van der Waals surface area contributed by atoms with E-state index in [2.05, 4.69) is 52.9 Å². The summed E-state index contributed by atoms with van der Waals surface area (Å²) >= 11 is 1.81. The van der Waals surface area contributed by atoms with E-state index in [9.17, 15) is 0 Å². The molecule has 146 valence electrons. The molecule has 0 unspecified atom stereocenters. The molecule has 1 aromatic carbocycles. The van der Waals surface area contributed by atoms with Crippen molar-refractivity contribution in [3.8, 4) is 0 Å². The van der Waals surface area contributed by atoms with Crippen molar-refractivity contribution >= 4 is 23.3 Å². The highest BCUT2D eigenvalue weighted by atomic mass is 32.2. The lowest BCUT2D eigenvalue weighted by Gasteiger charge is -2.21. The molecule has 0 atom stereocenters. The molecule has 0 fully saturated rings. The van der Waals surface area contributed by atoms with E-state index in [1.165, 1.54) is 87.0 Å². The van der Waals surface area contributed by atoms with Crippen molar-refractivity contribution in [1.82, 2.24) is 5.43 Å². The summed E-state index contributed by atoms with van der Waals surface area (Å²) in [7, 11) is 0. The number of nitrogens with zero attached hydrogens (tertiary/aromatic N) is 2. The fourth-order valence-corrected chi connectivity index (χ4v) is 4.17. The Kier molecular flexibility index (Phi) is 10.6. The minimum Gasteiger partial charge on any atom is -0.308 e. The molecule has 0 saturated carbocycles. The molecule has 0 saturated heterocycles. The van der Waals surface area contributed by atoms with Crippen LogP contribution >= 0.6 is 11.8 Å². The van der Waals surface area contributed by atoms with Crippen LogP contribution < -0.4 is 10.3 Å². The van der Waals surface area contributed by atoms with Gasteiger partial charge in [0.15, 0.2) is 0 Å². The number of amidine groups is 1. The molecule has 3 nitrogen and oxygen atoms in total. The molecule has 4 heteroatoms. The quantitative estimate of drug-likeness (QED) is 0.286. The van der Waals surface area contributed by atoms with E-state index < -0.39 is 0 Å². The number of benzene rings is 1. The molecule has 0 aliphatic carbocycles. The molecular weight excluding hydrogens is 338 g/mol. The van der Waals surface area contributed by atoms with Crippen LogP contribution in [0.25, 0.3) is 0 Å². The predicted molar refractivity (Wildman–Crippen MR) is 117 cm³/mol. The molecule has 1 N–H and O–H groups in total. The van der Waals surface area contributed by atoms with Gasteiger partial charge in [0, 0.05) is 11.3 Å². The first-order chi connectivity index (χ1) is 12.9. The summed E-state index contributed by atoms with van der Waals surface area (Å²) in [6.45, 7) is 3.08. The Morgan fingerprint density at radius 1 is 0.923 bits per heavy atom. The van der Waals surface area contributed by atoms with Gasteiger partial charge in [-0.1, -0.05) is 83.3 Å². The Hall–Kier alpha value is -1.16. The number of anilines is 1. The van der Waals surface area contributed by atoms with Crippen molar-refractivity contribution in [2.45, 2.75) is 88.9 Å². The summed E-state index contributed by atoms with van der Waals surface area (Å²) in [4.78, 5) is 3.66. The van der Waals surface area contributed by atoms with Crippen molar-refractivity contribution in [3.63, 3.8) is 0 Å². The first-order valence-electron chi connectivity index (χ1n) is 10.6. The number of hydrazone groups is 1. The van der Waals surface area contributed by atoms with E-state index >= 15 is 0 Å². The van der Waals surface area contributed by atoms with E-state index in [-0.39, 0.29) is 0 Å². The Morgan fingerprint density at radius 2 is 1.54 bits per heavy atom. The van der Waals surface area contributed by atoms with Crippen LogP contribution in [-0.4, -0.2) is 18.8 Å². The zero-order valence-electron chi connectivity index (χ0n) is 16.8. The topological polar surface area (TPSA) is 27.6 Å². The van der Waals surface area contributed by atoms with E-state index in [4.69, 9.17) is 0 Å². The number of hydrogen-bond acceptors (Lipinski definition) is 4. The Labute approximate surface area is 165 Å². The zero-order valence-corrected chi connectivity index (χ0v) is 17.6. The van der Waals surface area contributed by atoms with Gasteiger partial charge in [0.2, 0.25) is 0 Å². The van der Waals surface area contributed by atoms with E-state index in [1.807, 2.05) is 0 Å². The number of para-hydroxylation sites is 1. The number of unbranched alkanes of at least 4 members (excludes halogenated alkanes) is 10. The van der Waals surface area contributed by atoms with Crippen molar-refractivity contribution < 1.29 is 0 Å². The van der Waals surface area contributed by atoms with Gasteiger partial charge in [-0.05, 0) is 24.8 Å². The second kappa shape index (κ2) is 13.1. The first-order valence-corrected chi connectivity index (χ1v) is 11.8. The summed E-state index contributed by atoms with van der Waals surface area (Å²) in [6.07, 6.45) is 18.5. The Bertz CT molecular complexity index is 530. The molecule has 1 aromatic rings. The standard InChI is InChI=1S/C22H37N3S/c1-3-4-5-6-7-8-9-10-11-12-13-18-22-24-23-19-25(22)20-16-14-15-17-21(20)26-2/h14-17,23H,3-13,18-19H2,1-2H3. The molecule has 0 bridgehead atoms. The van der Waals surface area contributed by atoms with Crippen LogP contribution in [0.15, 0.2) is 34.3 Å². The largest absolute Gasteiger partial charge is 0.308 e. The molecule has 0 aromatic heterocycles. The summed E-state index contributed by atoms with van der Waals surface area (Å²) in [5.74, 6) is 1.20. The van der Waals surface area contributed by atoms with Crippen LogP contribution in [0, 0.1) is 0 Å². The lowest BCUT2D eigenvalue weighted by molar-refractivity contribution is 0.551. The van der Waals surface area contributed by atoms with E-state index in [0.29, 0.717) is 0 Å². The highest BCUT2D eigenvalue weighted by Gasteiger charge is 2.20. The zero-order chi connectivity index (χ0) is 18.5. The van der Waals surface area contributed by atoms with Gasteiger partial charge in [0.05, 0.1) is 5.69 Å². The molecule has 1 aliphatic rings. The summed E-state index contributed by atoms with van der Waals surface area (Å²) < 4.78 is 0. The molecule has 0 amide bonds. The molecule has 2 rings (SSSR count). The van der Waals surface area contributed by atoms with Gasteiger partial charge in [-0.25, -0.2) is 0 Å². The summed E-state index contributed by atoms with van der Waals surface area (Å²) in [5.41, 5.74) is 4.45. The van der Waals surface area contributed by atoms with E-state index in [0.717, 1.165) is 13.1 Å². The number of rotatable bonds is 14. The maximum absolute atomic E-state index is 4.53. The van der Waals surface area contributed by atoms with Crippen molar-refractivity contribution in [2.24, 2.45) is 5.10 Å². The molecule has 26 heavy (non-hydrogen) atoms. The number of hydrogen-bond donors (Lipinski definition) is 1. The molecule has 1 aliphatic heterocycles. The molecule has 0 spiro atoms. The maximum atomic E-state index is 4.53. The monoisotopic (exact) mass is 375 g/mol. The minimum absolute atomic E-state index is 0.797. The van der Waals surface area contributed by atoms with Crippen molar-refractivity contribution in [1.29, 1.82) is 0 Å².